The highest BCUT2D eigenvalue weighted by molar-refractivity contribution is 5.76. The summed E-state index contributed by atoms with van der Waals surface area (Å²) in [6, 6.07) is 0. The first kappa shape index (κ1) is 14.5. The Morgan fingerprint density at radius 2 is 2.29 bits per heavy atom. The summed E-state index contributed by atoms with van der Waals surface area (Å²) in [5, 5.41) is 0. The standard InChI is InChI=1S/C13H26N2O2/c1-10-6-7-15(9-12(10)8-14)13(16)5-4-11(2)17-3/h10-12H,4-9,14H2,1-3H3. The van der Waals surface area contributed by atoms with Gasteiger partial charge in [-0.1, -0.05) is 6.92 Å². The van der Waals surface area contributed by atoms with Crippen LogP contribution in [0.3, 0.4) is 0 Å². The minimum absolute atomic E-state index is 0.160. The Balaban J connectivity index is 2.37. The van der Waals surface area contributed by atoms with E-state index in [2.05, 4.69) is 6.92 Å². The van der Waals surface area contributed by atoms with Crippen molar-refractivity contribution < 1.29 is 9.53 Å². The molecule has 0 aromatic heterocycles. The van der Waals surface area contributed by atoms with Crippen LogP contribution in [0.5, 0.6) is 0 Å². The van der Waals surface area contributed by atoms with Gasteiger partial charge in [0.05, 0.1) is 6.10 Å². The second-order valence-electron chi connectivity index (χ2n) is 5.19. The molecule has 0 saturated carbocycles. The molecule has 2 N–H and O–H groups in total. The van der Waals surface area contributed by atoms with Crippen LogP contribution in [-0.4, -0.2) is 43.7 Å². The SMILES string of the molecule is COC(C)CCC(=O)N1CCC(C)C(CN)C1. The zero-order chi connectivity index (χ0) is 12.8. The molecule has 3 atom stereocenters. The number of piperidine rings is 1. The van der Waals surface area contributed by atoms with E-state index in [9.17, 15) is 4.79 Å². The summed E-state index contributed by atoms with van der Waals surface area (Å²) in [6.45, 7) is 6.62. The molecule has 0 aromatic carbocycles. The van der Waals surface area contributed by atoms with Gasteiger partial charge in [-0.05, 0) is 38.1 Å². The molecule has 1 amide bonds. The molecular formula is C13H26N2O2. The van der Waals surface area contributed by atoms with Gasteiger partial charge in [0, 0.05) is 26.6 Å². The number of likely N-dealkylation sites (tertiary alicyclic amines) is 1. The monoisotopic (exact) mass is 242 g/mol. The maximum Gasteiger partial charge on any atom is 0.222 e. The molecule has 0 bridgehead atoms. The number of rotatable bonds is 5. The minimum atomic E-state index is 0.160. The highest BCUT2D eigenvalue weighted by Gasteiger charge is 2.27. The lowest BCUT2D eigenvalue weighted by molar-refractivity contribution is -0.134. The van der Waals surface area contributed by atoms with Gasteiger partial charge in [0.2, 0.25) is 5.91 Å². The number of hydrogen-bond donors (Lipinski definition) is 1. The van der Waals surface area contributed by atoms with Gasteiger partial charge in [-0.3, -0.25) is 4.79 Å². The van der Waals surface area contributed by atoms with Crippen molar-refractivity contribution in [1.82, 2.24) is 4.90 Å². The Labute approximate surface area is 104 Å². The van der Waals surface area contributed by atoms with Crippen LogP contribution >= 0.6 is 0 Å². The van der Waals surface area contributed by atoms with Crippen molar-refractivity contribution in [1.29, 1.82) is 0 Å². The first-order valence-electron chi connectivity index (χ1n) is 6.59. The van der Waals surface area contributed by atoms with Gasteiger partial charge in [-0.15, -0.1) is 0 Å². The van der Waals surface area contributed by atoms with Gasteiger partial charge in [0.15, 0.2) is 0 Å². The van der Waals surface area contributed by atoms with Crippen molar-refractivity contribution in [3.8, 4) is 0 Å². The van der Waals surface area contributed by atoms with Crippen LogP contribution in [0.4, 0.5) is 0 Å². The molecule has 4 nitrogen and oxygen atoms in total. The van der Waals surface area contributed by atoms with Crippen LogP contribution < -0.4 is 5.73 Å². The van der Waals surface area contributed by atoms with Crippen LogP contribution in [0.25, 0.3) is 0 Å². The number of carbonyl (C=O) groups excluding carboxylic acids is 1. The minimum Gasteiger partial charge on any atom is -0.382 e. The molecule has 1 saturated heterocycles. The van der Waals surface area contributed by atoms with E-state index in [1.807, 2.05) is 11.8 Å². The van der Waals surface area contributed by atoms with E-state index in [1.54, 1.807) is 7.11 Å². The molecule has 1 aliphatic heterocycles. The van der Waals surface area contributed by atoms with E-state index < -0.39 is 0 Å². The van der Waals surface area contributed by atoms with Crippen molar-refractivity contribution in [3.63, 3.8) is 0 Å². The molecule has 1 rings (SSSR count). The Morgan fingerprint density at radius 3 is 2.88 bits per heavy atom. The fourth-order valence-corrected chi connectivity index (χ4v) is 2.29. The summed E-state index contributed by atoms with van der Waals surface area (Å²) in [4.78, 5) is 14.0. The van der Waals surface area contributed by atoms with Crippen LogP contribution in [-0.2, 0) is 9.53 Å². The summed E-state index contributed by atoms with van der Waals surface area (Å²) < 4.78 is 5.16. The van der Waals surface area contributed by atoms with E-state index in [0.717, 1.165) is 25.9 Å². The summed E-state index contributed by atoms with van der Waals surface area (Å²) in [6.07, 6.45) is 2.62. The molecule has 100 valence electrons. The van der Waals surface area contributed by atoms with Crippen molar-refractivity contribution in [3.05, 3.63) is 0 Å². The first-order chi connectivity index (χ1) is 8.08. The van der Waals surface area contributed by atoms with E-state index in [1.165, 1.54) is 0 Å². The van der Waals surface area contributed by atoms with E-state index in [-0.39, 0.29) is 12.0 Å². The van der Waals surface area contributed by atoms with Crippen LogP contribution in [0.2, 0.25) is 0 Å². The molecule has 0 radical (unpaired) electrons. The molecule has 0 spiro atoms. The number of amides is 1. The van der Waals surface area contributed by atoms with Crippen LogP contribution in [0.15, 0.2) is 0 Å². The normalized spacial score (nSPS) is 26.9. The lowest BCUT2D eigenvalue weighted by atomic mass is 9.87. The summed E-state index contributed by atoms with van der Waals surface area (Å²) in [7, 11) is 1.68. The second-order valence-corrected chi connectivity index (χ2v) is 5.19. The highest BCUT2D eigenvalue weighted by Crippen LogP contribution is 2.22. The van der Waals surface area contributed by atoms with Gasteiger partial charge < -0.3 is 15.4 Å². The number of nitrogens with zero attached hydrogens (tertiary/aromatic N) is 1. The van der Waals surface area contributed by atoms with E-state index in [4.69, 9.17) is 10.5 Å². The number of nitrogens with two attached hydrogens (primary N) is 1. The Kier molecular flexibility index (Phi) is 5.92. The number of methoxy groups -OCH3 is 1. The molecule has 4 heteroatoms. The summed E-state index contributed by atoms with van der Waals surface area (Å²) in [5.74, 6) is 1.36. The molecule has 17 heavy (non-hydrogen) atoms. The van der Waals surface area contributed by atoms with Crippen molar-refractivity contribution in [2.45, 2.75) is 39.2 Å². The second kappa shape index (κ2) is 6.97. The van der Waals surface area contributed by atoms with Crippen LogP contribution in [0, 0.1) is 11.8 Å². The predicted octanol–water partition coefficient (Wildman–Crippen LogP) is 1.24. The number of hydrogen-bond acceptors (Lipinski definition) is 3. The molecule has 3 unspecified atom stereocenters. The highest BCUT2D eigenvalue weighted by atomic mass is 16.5. The fraction of sp³-hybridized carbons (Fsp3) is 0.923. The number of carbonyl (C=O) groups is 1. The third-order valence-corrected chi connectivity index (χ3v) is 3.94. The van der Waals surface area contributed by atoms with E-state index >= 15 is 0 Å². The maximum absolute atomic E-state index is 12.0. The molecule has 0 aliphatic carbocycles. The van der Waals surface area contributed by atoms with Gasteiger partial charge in [0.1, 0.15) is 0 Å². The molecular weight excluding hydrogens is 216 g/mol. The van der Waals surface area contributed by atoms with Gasteiger partial charge in [0.25, 0.3) is 0 Å². The zero-order valence-corrected chi connectivity index (χ0v) is 11.3. The maximum atomic E-state index is 12.0. The Hall–Kier alpha value is -0.610. The lowest BCUT2D eigenvalue weighted by Gasteiger charge is -2.36. The Morgan fingerprint density at radius 1 is 1.59 bits per heavy atom. The van der Waals surface area contributed by atoms with Gasteiger partial charge in [-0.2, -0.15) is 0 Å². The van der Waals surface area contributed by atoms with Crippen molar-refractivity contribution in [2.75, 3.05) is 26.7 Å². The quantitative estimate of drug-likeness (QED) is 0.789. The first-order valence-corrected chi connectivity index (χ1v) is 6.59. The topological polar surface area (TPSA) is 55.6 Å². The summed E-state index contributed by atoms with van der Waals surface area (Å²) >= 11 is 0. The number of ether oxygens (including phenoxy) is 1. The van der Waals surface area contributed by atoms with Crippen molar-refractivity contribution >= 4 is 5.91 Å². The third kappa shape index (κ3) is 4.28. The largest absolute Gasteiger partial charge is 0.382 e. The third-order valence-electron chi connectivity index (χ3n) is 3.94. The summed E-state index contributed by atoms with van der Waals surface area (Å²) in [5.41, 5.74) is 5.74. The zero-order valence-electron chi connectivity index (χ0n) is 11.3. The van der Waals surface area contributed by atoms with Crippen LogP contribution in [0.1, 0.15) is 33.1 Å². The van der Waals surface area contributed by atoms with E-state index in [0.29, 0.717) is 24.8 Å². The average molecular weight is 242 g/mol. The molecule has 1 heterocycles. The van der Waals surface area contributed by atoms with Crippen molar-refractivity contribution in [2.24, 2.45) is 17.6 Å². The van der Waals surface area contributed by atoms with Gasteiger partial charge >= 0.3 is 0 Å². The molecule has 1 aliphatic rings. The molecule has 1 fully saturated rings. The lowest BCUT2D eigenvalue weighted by Crippen LogP contribution is -2.45. The van der Waals surface area contributed by atoms with Gasteiger partial charge in [-0.25, -0.2) is 0 Å². The average Bonchev–Trinajstić information content (AvgIpc) is 2.35. The fourth-order valence-electron chi connectivity index (χ4n) is 2.29. The Bertz CT molecular complexity index is 246. The smallest absolute Gasteiger partial charge is 0.222 e. The molecule has 0 aromatic rings. The predicted molar refractivity (Wildman–Crippen MR) is 68.6 cm³/mol.